The van der Waals surface area contributed by atoms with E-state index in [0.717, 1.165) is 0 Å². The average Bonchev–Trinajstić information content (AvgIpc) is 1.82. The molecular formula is C8H20S2Sn2. The Morgan fingerprint density at radius 1 is 0.667 bits per heavy atom. The van der Waals surface area contributed by atoms with E-state index in [1.807, 2.05) is 0 Å². The van der Waals surface area contributed by atoms with E-state index < -0.39 is 36.8 Å². The maximum absolute atomic E-state index is 2.61. The summed E-state index contributed by atoms with van der Waals surface area (Å²) in [5.41, 5.74) is 0. The van der Waals surface area contributed by atoms with Crippen LogP contribution in [-0.2, 0) is 0 Å². The van der Waals surface area contributed by atoms with Crippen molar-refractivity contribution in [3.05, 3.63) is 0 Å². The molecule has 1 heterocycles. The molecule has 0 aliphatic carbocycles. The molecule has 0 nitrogen and oxygen atoms in total. The predicted molar refractivity (Wildman–Crippen MR) is 69.6 cm³/mol. The fourth-order valence-electron chi connectivity index (χ4n) is 1.29. The quantitative estimate of drug-likeness (QED) is 0.556. The fraction of sp³-hybridized carbons (Fsp3) is 1.00. The third kappa shape index (κ3) is 4.69. The second-order valence-electron chi connectivity index (χ2n) is 5.31. The maximum atomic E-state index is 2.61. The molecule has 0 atom stereocenters. The predicted octanol–water partition coefficient (Wildman–Crippen LogP) is 3.04. The van der Waals surface area contributed by atoms with E-state index in [-0.39, 0.29) is 0 Å². The summed E-state index contributed by atoms with van der Waals surface area (Å²) in [5, 5.41) is 0. The molecule has 1 fully saturated rings. The molecule has 0 N–H and O–H groups in total. The Hall–Kier alpha value is 2.30. The van der Waals surface area contributed by atoms with Gasteiger partial charge in [-0.2, -0.15) is 0 Å². The molecule has 0 aromatic carbocycles. The van der Waals surface area contributed by atoms with Crippen LogP contribution in [0.25, 0.3) is 0 Å². The number of thioether (sulfide) groups is 2. The van der Waals surface area contributed by atoms with Crippen molar-refractivity contribution < 1.29 is 0 Å². The molecular weight excluding hydrogens is 398 g/mol. The normalized spacial score (nSPS) is 29.0. The summed E-state index contributed by atoms with van der Waals surface area (Å²) in [5.74, 6) is 0. The summed E-state index contributed by atoms with van der Waals surface area (Å²) in [6.45, 7) is 0. The second kappa shape index (κ2) is 4.88. The Balaban J connectivity index is 2.45. The van der Waals surface area contributed by atoms with Gasteiger partial charge in [0.1, 0.15) is 0 Å². The van der Waals surface area contributed by atoms with Crippen molar-refractivity contribution in [1.29, 1.82) is 0 Å². The van der Waals surface area contributed by atoms with Crippen molar-refractivity contribution in [2.45, 2.75) is 19.8 Å². The number of hydrogen-bond donors (Lipinski definition) is 0. The Morgan fingerprint density at radius 3 is 1.17 bits per heavy atom. The Bertz CT molecular complexity index is 127. The van der Waals surface area contributed by atoms with E-state index in [2.05, 4.69) is 43.3 Å². The van der Waals surface area contributed by atoms with E-state index >= 15 is 0 Å². The Kier molecular flexibility index (Phi) is 5.03. The van der Waals surface area contributed by atoms with Gasteiger partial charge in [-0.1, -0.05) is 0 Å². The molecule has 0 amide bonds. The van der Waals surface area contributed by atoms with Crippen LogP contribution in [0.4, 0.5) is 0 Å². The molecule has 0 saturated carbocycles. The van der Waals surface area contributed by atoms with Gasteiger partial charge < -0.3 is 0 Å². The zero-order chi connectivity index (χ0) is 9.24. The van der Waals surface area contributed by atoms with E-state index in [9.17, 15) is 0 Å². The van der Waals surface area contributed by atoms with Crippen LogP contribution in [0.1, 0.15) is 0 Å². The average molecular weight is 418 g/mol. The van der Waals surface area contributed by atoms with Gasteiger partial charge in [0.15, 0.2) is 0 Å². The molecule has 0 aromatic rings. The molecule has 0 radical (unpaired) electrons. The summed E-state index contributed by atoms with van der Waals surface area (Å²) in [6.07, 6.45) is 0. The molecule has 1 aliphatic heterocycles. The van der Waals surface area contributed by atoms with E-state index in [1.54, 1.807) is 15.1 Å². The van der Waals surface area contributed by atoms with Gasteiger partial charge in [-0.25, -0.2) is 0 Å². The van der Waals surface area contributed by atoms with Gasteiger partial charge in [-0.15, -0.1) is 0 Å². The molecule has 1 rings (SSSR count). The van der Waals surface area contributed by atoms with Crippen LogP contribution in [-0.4, -0.2) is 51.8 Å². The van der Waals surface area contributed by atoms with Crippen molar-refractivity contribution in [3.8, 4) is 0 Å². The zero-order valence-electron chi connectivity index (χ0n) is 8.64. The van der Waals surface area contributed by atoms with Crippen molar-refractivity contribution in [3.63, 3.8) is 0 Å². The first kappa shape index (κ1) is 12.4. The van der Waals surface area contributed by atoms with Gasteiger partial charge >= 0.3 is 95.1 Å². The van der Waals surface area contributed by atoms with Gasteiger partial charge in [-0.05, 0) is 0 Å². The van der Waals surface area contributed by atoms with Crippen molar-refractivity contribution >= 4 is 60.3 Å². The third-order valence-electron chi connectivity index (χ3n) is 1.97. The molecule has 4 heteroatoms. The van der Waals surface area contributed by atoms with Crippen LogP contribution in [0.5, 0.6) is 0 Å². The molecule has 1 saturated heterocycles. The van der Waals surface area contributed by atoms with Gasteiger partial charge in [0.2, 0.25) is 0 Å². The number of rotatable bonds is 0. The zero-order valence-corrected chi connectivity index (χ0v) is 16.0. The first-order chi connectivity index (χ1) is 5.41. The summed E-state index contributed by atoms with van der Waals surface area (Å²) in [4.78, 5) is 10.5. The molecule has 0 bridgehead atoms. The van der Waals surface area contributed by atoms with Gasteiger partial charge in [0.25, 0.3) is 0 Å². The van der Waals surface area contributed by atoms with E-state index in [4.69, 9.17) is 0 Å². The summed E-state index contributed by atoms with van der Waals surface area (Å²) in [7, 11) is 0. The van der Waals surface area contributed by atoms with Gasteiger partial charge in [0.05, 0.1) is 0 Å². The summed E-state index contributed by atoms with van der Waals surface area (Å²) >= 11 is 1.69. The minimum absolute atomic E-state index is 1.47. The molecule has 0 spiro atoms. The fourth-order valence-corrected chi connectivity index (χ4v) is 41.1. The molecule has 0 unspecified atom stereocenters. The van der Waals surface area contributed by atoms with Gasteiger partial charge in [-0.3, -0.25) is 0 Å². The molecule has 1 aliphatic rings. The van der Waals surface area contributed by atoms with Crippen LogP contribution in [0, 0.1) is 0 Å². The van der Waals surface area contributed by atoms with Crippen LogP contribution >= 0.6 is 23.5 Å². The van der Waals surface area contributed by atoms with Gasteiger partial charge in [0, 0.05) is 0 Å². The Morgan fingerprint density at radius 2 is 0.917 bits per heavy atom. The number of hydrogen-bond acceptors (Lipinski definition) is 2. The minimum atomic E-state index is -1.47. The standard InChI is InChI=1S/2C2H4S.4CH3.2Sn/c2*1-3-2;;;;;;/h2*1-2H2;4*1H3;;. The Labute approximate surface area is 93.8 Å². The van der Waals surface area contributed by atoms with Crippen LogP contribution < -0.4 is 0 Å². The first-order valence-electron chi connectivity index (χ1n) is 4.57. The van der Waals surface area contributed by atoms with Crippen molar-refractivity contribution in [2.24, 2.45) is 0 Å². The van der Waals surface area contributed by atoms with Crippen molar-refractivity contribution in [1.82, 2.24) is 0 Å². The van der Waals surface area contributed by atoms with Crippen LogP contribution in [0.15, 0.2) is 0 Å². The first-order valence-corrected chi connectivity index (χ1v) is 26.4. The second-order valence-corrected chi connectivity index (χ2v) is 41.9. The van der Waals surface area contributed by atoms with Crippen molar-refractivity contribution in [2.75, 3.05) is 15.1 Å². The van der Waals surface area contributed by atoms with Crippen LogP contribution in [0.3, 0.4) is 0 Å². The SMILES string of the molecule is [CH3][Sn]1([CH3])[CH2]S[CH2][Sn]([CH3])([CH3])[CH2]S[CH2]1. The monoisotopic (exact) mass is 420 g/mol. The topological polar surface area (TPSA) is 0 Å². The molecule has 12 heavy (non-hydrogen) atoms. The van der Waals surface area contributed by atoms with E-state index in [0.29, 0.717) is 0 Å². The van der Waals surface area contributed by atoms with Crippen LogP contribution in [0.2, 0.25) is 19.8 Å². The molecule has 0 aromatic heterocycles. The summed E-state index contributed by atoms with van der Waals surface area (Å²) < 4.78 is 6.34. The summed E-state index contributed by atoms with van der Waals surface area (Å²) in [6, 6.07) is 0. The third-order valence-corrected chi connectivity index (χ3v) is 39.7. The van der Waals surface area contributed by atoms with E-state index in [1.165, 1.54) is 0 Å². The molecule has 72 valence electrons.